The fourth-order valence-corrected chi connectivity index (χ4v) is 2.09. The molecule has 21 heavy (non-hydrogen) atoms. The third-order valence-corrected chi connectivity index (χ3v) is 3.26. The van der Waals surface area contributed by atoms with E-state index in [-0.39, 0.29) is 5.82 Å². The molecule has 0 fully saturated rings. The molecule has 0 aliphatic rings. The van der Waals surface area contributed by atoms with Gasteiger partial charge in [0, 0.05) is 11.6 Å². The first-order chi connectivity index (χ1) is 10.3. The van der Waals surface area contributed by atoms with Crippen molar-refractivity contribution in [2.24, 2.45) is 0 Å². The summed E-state index contributed by atoms with van der Waals surface area (Å²) < 4.78 is 5.07. The number of ether oxygens (including phenoxy) is 1. The van der Waals surface area contributed by atoms with E-state index >= 15 is 0 Å². The SMILES string of the molecule is COc1ccc(-n2nnc(C(=O)Nc3nccs3)n2)cc1. The molecule has 0 aliphatic carbocycles. The predicted molar refractivity (Wildman–Crippen MR) is 75.8 cm³/mol. The Hall–Kier alpha value is -2.81. The molecule has 0 radical (unpaired) electrons. The minimum atomic E-state index is -0.454. The van der Waals surface area contributed by atoms with Crippen molar-refractivity contribution in [3.05, 3.63) is 41.7 Å². The van der Waals surface area contributed by atoms with Crippen LogP contribution in [0.15, 0.2) is 35.8 Å². The first kappa shape index (κ1) is 13.2. The second-order valence-corrected chi connectivity index (χ2v) is 4.79. The zero-order valence-electron chi connectivity index (χ0n) is 10.9. The predicted octanol–water partition coefficient (Wildman–Crippen LogP) is 1.38. The topological polar surface area (TPSA) is 94.8 Å². The minimum absolute atomic E-state index is 0.0268. The second kappa shape index (κ2) is 5.67. The van der Waals surface area contributed by atoms with Crippen molar-refractivity contribution in [2.75, 3.05) is 12.4 Å². The summed E-state index contributed by atoms with van der Waals surface area (Å²) in [6, 6.07) is 7.08. The molecule has 3 aromatic rings. The van der Waals surface area contributed by atoms with Gasteiger partial charge in [0.25, 0.3) is 11.7 Å². The summed E-state index contributed by atoms with van der Waals surface area (Å²) in [7, 11) is 1.59. The van der Waals surface area contributed by atoms with Crippen LogP contribution in [0.1, 0.15) is 10.6 Å². The monoisotopic (exact) mass is 302 g/mol. The van der Waals surface area contributed by atoms with Crippen LogP contribution >= 0.6 is 11.3 Å². The lowest BCUT2D eigenvalue weighted by Crippen LogP contribution is -2.14. The van der Waals surface area contributed by atoms with Crippen molar-refractivity contribution >= 4 is 22.4 Å². The Morgan fingerprint density at radius 2 is 2.14 bits per heavy atom. The van der Waals surface area contributed by atoms with Crippen LogP contribution in [0.3, 0.4) is 0 Å². The van der Waals surface area contributed by atoms with E-state index in [1.165, 1.54) is 16.1 Å². The molecule has 9 heteroatoms. The van der Waals surface area contributed by atoms with Crippen molar-refractivity contribution in [3.8, 4) is 11.4 Å². The van der Waals surface area contributed by atoms with Crippen LogP contribution in [0, 0.1) is 0 Å². The lowest BCUT2D eigenvalue weighted by atomic mass is 10.3. The van der Waals surface area contributed by atoms with Gasteiger partial charge in [0.1, 0.15) is 5.75 Å². The Kier molecular flexibility index (Phi) is 3.56. The molecule has 1 amide bonds. The van der Waals surface area contributed by atoms with Crippen molar-refractivity contribution in [1.29, 1.82) is 0 Å². The number of hydrogen-bond acceptors (Lipinski definition) is 7. The Morgan fingerprint density at radius 1 is 1.33 bits per heavy atom. The summed E-state index contributed by atoms with van der Waals surface area (Å²) in [4.78, 5) is 17.1. The number of nitrogens with zero attached hydrogens (tertiary/aromatic N) is 5. The van der Waals surface area contributed by atoms with Crippen molar-refractivity contribution in [3.63, 3.8) is 0 Å². The van der Waals surface area contributed by atoms with Crippen LogP contribution in [-0.2, 0) is 0 Å². The average molecular weight is 302 g/mol. The molecule has 2 aromatic heterocycles. The molecule has 0 saturated carbocycles. The molecular formula is C12H10N6O2S. The number of tetrazole rings is 1. The number of carbonyl (C=O) groups excluding carboxylic acids is 1. The molecule has 0 aliphatic heterocycles. The number of benzene rings is 1. The maximum atomic E-state index is 11.9. The largest absolute Gasteiger partial charge is 0.497 e. The van der Waals surface area contributed by atoms with Gasteiger partial charge in [-0.2, -0.15) is 0 Å². The molecule has 2 heterocycles. The summed E-state index contributed by atoms with van der Waals surface area (Å²) in [5.41, 5.74) is 0.677. The van der Waals surface area contributed by atoms with Gasteiger partial charge < -0.3 is 4.74 Å². The first-order valence-electron chi connectivity index (χ1n) is 5.91. The zero-order chi connectivity index (χ0) is 14.7. The summed E-state index contributed by atoms with van der Waals surface area (Å²) in [5.74, 6) is 0.242. The van der Waals surface area contributed by atoms with Gasteiger partial charge in [-0.15, -0.1) is 26.3 Å². The Balaban J connectivity index is 1.77. The summed E-state index contributed by atoms with van der Waals surface area (Å²) in [6.07, 6.45) is 1.60. The van der Waals surface area contributed by atoms with Crippen molar-refractivity contribution in [1.82, 2.24) is 25.2 Å². The number of amides is 1. The summed E-state index contributed by atoms with van der Waals surface area (Å²) in [5, 5.41) is 16.5. The molecular weight excluding hydrogens is 292 g/mol. The molecule has 0 atom stereocenters. The number of carbonyl (C=O) groups is 1. The van der Waals surface area contributed by atoms with Crippen LogP contribution < -0.4 is 10.1 Å². The highest BCUT2D eigenvalue weighted by Gasteiger charge is 2.14. The normalized spacial score (nSPS) is 10.3. The van der Waals surface area contributed by atoms with Crippen LogP contribution in [-0.4, -0.2) is 38.2 Å². The van der Waals surface area contributed by atoms with Gasteiger partial charge in [-0.1, -0.05) is 0 Å². The molecule has 1 aromatic carbocycles. The number of hydrogen-bond donors (Lipinski definition) is 1. The minimum Gasteiger partial charge on any atom is -0.497 e. The van der Waals surface area contributed by atoms with Crippen molar-refractivity contribution < 1.29 is 9.53 Å². The lowest BCUT2D eigenvalue weighted by Gasteiger charge is -2.00. The molecule has 0 saturated heterocycles. The van der Waals surface area contributed by atoms with Crippen LogP contribution in [0.25, 0.3) is 5.69 Å². The quantitative estimate of drug-likeness (QED) is 0.782. The maximum absolute atomic E-state index is 11.9. The van der Waals surface area contributed by atoms with E-state index in [2.05, 4.69) is 25.7 Å². The highest BCUT2D eigenvalue weighted by Crippen LogP contribution is 2.14. The summed E-state index contributed by atoms with van der Waals surface area (Å²) >= 11 is 1.31. The van der Waals surface area contributed by atoms with Gasteiger partial charge >= 0.3 is 0 Å². The molecule has 1 N–H and O–H groups in total. The third-order valence-electron chi connectivity index (χ3n) is 2.57. The van der Waals surface area contributed by atoms with Gasteiger partial charge in [-0.05, 0) is 29.5 Å². The Labute approximate surface area is 123 Å². The molecule has 0 unspecified atom stereocenters. The van der Waals surface area contributed by atoms with Crippen LogP contribution in [0.2, 0.25) is 0 Å². The standard InChI is InChI=1S/C12H10N6O2S/c1-20-9-4-2-8(3-5-9)18-16-10(15-17-18)11(19)14-12-13-6-7-21-12/h2-7H,1H3,(H,13,14,19). The first-order valence-corrected chi connectivity index (χ1v) is 6.79. The fraction of sp³-hybridized carbons (Fsp3) is 0.0833. The third kappa shape index (κ3) is 2.87. The molecule has 8 nitrogen and oxygen atoms in total. The van der Waals surface area contributed by atoms with Crippen LogP contribution in [0.5, 0.6) is 5.75 Å². The highest BCUT2D eigenvalue weighted by molar-refractivity contribution is 7.13. The van der Waals surface area contributed by atoms with Gasteiger partial charge in [-0.25, -0.2) is 4.98 Å². The number of thiazole rings is 1. The molecule has 3 rings (SSSR count). The smallest absolute Gasteiger partial charge is 0.299 e. The van der Waals surface area contributed by atoms with E-state index in [9.17, 15) is 4.79 Å². The van der Waals surface area contributed by atoms with Gasteiger partial charge in [0.15, 0.2) is 5.13 Å². The Morgan fingerprint density at radius 3 is 2.81 bits per heavy atom. The van der Waals surface area contributed by atoms with E-state index in [0.717, 1.165) is 5.75 Å². The average Bonchev–Trinajstić information content (AvgIpc) is 3.18. The number of aromatic nitrogens is 5. The number of rotatable bonds is 4. The van der Waals surface area contributed by atoms with Gasteiger partial charge in [-0.3, -0.25) is 10.1 Å². The van der Waals surface area contributed by atoms with E-state index < -0.39 is 5.91 Å². The number of methoxy groups -OCH3 is 1. The molecule has 0 bridgehead atoms. The number of nitrogens with one attached hydrogen (secondary N) is 1. The van der Waals surface area contributed by atoms with E-state index in [1.54, 1.807) is 43.0 Å². The second-order valence-electron chi connectivity index (χ2n) is 3.89. The van der Waals surface area contributed by atoms with Crippen molar-refractivity contribution in [2.45, 2.75) is 0 Å². The molecule has 106 valence electrons. The summed E-state index contributed by atoms with van der Waals surface area (Å²) in [6.45, 7) is 0. The van der Waals surface area contributed by atoms with E-state index in [4.69, 9.17) is 4.74 Å². The van der Waals surface area contributed by atoms with E-state index in [0.29, 0.717) is 10.8 Å². The number of anilines is 1. The fourth-order valence-electron chi connectivity index (χ4n) is 1.57. The zero-order valence-corrected chi connectivity index (χ0v) is 11.7. The van der Waals surface area contributed by atoms with E-state index in [1.807, 2.05) is 0 Å². The van der Waals surface area contributed by atoms with Gasteiger partial charge in [0.05, 0.1) is 12.8 Å². The molecule has 0 spiro atoms. The van der Waals surface area contributed by atoms with Gasteiger partial charge in [0.2, 0.25) is 0 Å². The van der Waals surface area contributed by atoms with Crippen LogP contribution in [0.4, 0.5) is 5.13 Å². The Bertz CT molecular complexity index is 737. The maximum Gasteiger partial charge on any atom is 0.299 e. The highest BCUT2D eigenvalue weighted by atomic mass is 32.1. The lowest BCUT2D eigenvalue weighted by molar-refractivity contribution is 0.101.